The molecule has 0 radical (unpaired) electrons. The van der Waals surface area contributed by atoms with E-state index in [2.05, 4.69) is 5.32 Å². The molecular formula is C18H18FNO6. The number of rotatable bonds is 8. The predicted molar refractivity (Wildman–Crippen MR) is 91.0 cm³/mol. The van der Waals surface area contributed by atoms with Gasteiger partial charge in [-0.2, -0.15) is 0 Å². The molecule has 0 fully saturated rings. The Morgan fingerprint density at radius 2 is 1.77 bits per heavy atom. The summed E-state index contributed by atoms with van der Waals surface area (Å²) >= 11 is 0. The van der Waals surface area contributed by atoms with Crippen molar-refractivity contribution in [1.82, 2.24) is 0 Å². The van der Waals surface area contributed by atoms with E-state index in [4.69, 9.17) is 18.9 Å². The molecule has 0 aliphatic rings. The molecule has 0 saturated carbocycles. The molecule has 7 nitrogen and oxygen atoms in total. The summed E-state index contributed by atoms with van der Waals surface area (Å²) in [5.74, 6) is -0.604. The molecule has 2 aromatic rings. The van der Waals surface area contributed by atoms with Gasteiger partial charge in [-0.25, -0.2) is 9.18 Å². The Morgan fingerprint density at radius 1 is 1.00 bits per heavy atom. The van der Waals surface area contributed by atoms with Crippen LogP contribution in [0.15, 0.2) is 42.5 Å². The number of carbonyl (C=O) groups excluding carboxylic acids is 2. The zero-order valence-corrected chi connectivity index (χ0v) is 14.3. The van der Waals surface area contributed by atoms with Gasteiger partial charge in [-0.1, -0.05) is 6.07 Å². The monoisotopic (exact) mass is 363 g/mol. The van der Waals surface area contributed by atoms with Gasteiger partial charge in [0.15, 0.2) is 24.7 Å². The lowest BCUT2D eigenvalue weighted by atomic mass is 10.2. The maximum absolute atomic E-state index is 13.0. The molecule has 0 unspecified atom stereocenters. The number of esters is 1. The van der Waals surface area contributed by atoms with Crippen LogP contribution in [-0.2, 0) is 14.3 Å². The van der Waals surface area contributed by atoms with Gasteiger partial charge in [-0.05, 0) is 24.3 Å². The lowest BCUT2D eigenvalue weighted by molar-refractivity contribution is -0.149. The van der Waals surface area contributed by atoms with E-state index in [1.54, 1.807) is 18.2 Å². The number of hydrogen-bond acceptors (Lipinski definition) is 6. The number of carbonyl (C=O) groups is 2. The minimum atomic E-state index is -0.753. The van der Waals surface area contributed by atoms with Crippen molar-refractivity contribution in [2.45, 2.75) is 0 Å². The minimum Gasteiger partial charge on any atom is -0.493 e. The fourth-order valence-electron chi connectivity index (χ4n) is 2.00. The fraction of sp³-hybridized carbons (Fsp3) is 0.222. The molecule has 0 bridgehead atoms. The molecular weight excluding hydrogens is 345 g/mol. The van der Waals surface area contributed by atoms with Crippen molar-refractivity contribution in [1.29, 1.82) is 0 Å². The van der Waals surface area contributed by atoms with Gasteiger partial charge in [0.2, 0.25) is 0 Å². The molecule has 1 amide bonds. The van der Waals surface area contributed by atoms with Gasteiger partial charge in [-0.15, -0.1) is 0 Å². The van der Waals surface area contributed by atoms with E-state index in [0.29, 0.717) is 17.2 Å². The standard InChI is InChI=1S/C18H18FNO6/c1-23-15-7-6-13(9-16(15)24-2)20-17(21)10-26-18(22)11-25-14-5-3-4-12(19)8-14/h3-9H,10-11H2,1-2H3,(H,20,21). The molecule has 0 aliphatic carbocycles. The van der Waals surface area contributed by atoms with Crippen molar-refractivity contribution >= 4 is 17.6 Å². The Hall–Kier alpha value is -3.29. The minimum absolute atomic E-state index is 0.191. The number of hydrogen-bond donors (Lipinski definition) is 1. The number of halogens is 1. The highest BCUT2D eigenvalue weighted by molar-refractivity contribution is 5.93. The summed E-state index contributed by atoms with van der Waals surface area (Å²) in [4.78, 5) is 23.4. The lowest BCUT2D eigenvalue weighted by Crippen LogP contribution is -2.23. The van der Waals surface area contributed by atoms with Gasteiger partial charge in [0.1, 0.15) is 11.6 Å². The normalized spacial score (nSPS) is 9.96. The van der Waals surface area contributed by atoms with Crippen molar-refractivity contribution < 1.29 is 32.9 Å². The Labute approximate surface area is 149 Å². The van der Waals surface area contributed by atoms with Crippen LogP contribution in [-0.4, -0.2) is 39.3 Å². The van der Waals surface area contributed by atoms with Gasteiger partial charge in [0.05, 0.1) is 14.2 Å². The molecule has 0 heterocycles. The van der Waals surface area contributed by atoms with Crippen molar-refractivity contribution in [3.63, 3.8) is 0 Å². The van der Waals surface area contributed by atoms with Crippen LogP contribution in [0.25, 0.3) is 0 Å². The third-order valence-electron chi connectivity index (χ3n) is 3.18. The average molecular weight is 363 g/mol. The highest BCUT2D eigenvalue weighted by Crippen LogP contribution is 2.29. The highest BCUT2D eigenvalue weighted by Gasteiger charge is 2.11. The van der Waals surface area contributed by atoms with E-state index in [-0.39, 0.29) is 5.75 Å². The van der Waals surface area contributed by atoms with Gasteiger partial charge in [0, 0.05) is 17.8 Å². The molecule has 2 aromatic carbocycles. The maximum Gasteiger partial charge on any atom is 0.344 e. The first-order valence-corrected chi connectivity index (χ1v) is 7.57. The second-order valence-electron chi connectivity index (χ2n) is 5.02. The molecule has 2 rings (SSSR count). The van der Waals surface area contributed by atoms with Crippen LogP contribution < -0.4 is 19.5 Å². The van der Waals surface area contributed by atoms with Gasteiger partial charge in [-0.3, -0.25) is 4.79 Å². The number of anilines is 1. The van der Waals surface area contributed by atoms with E-state index in [0.717, 1.165) is 6.07 Å². The summed E-state index contributed by atoms with van der Waals surface area (Å²) in [5.41, 5.74) is 0.458. The molecule has 0 saturated heterocycles. The molecule has 26 heavy (non-hydrogen) atoms. The van der Waals surface area contributed by atoms with Crippen LogP contribution in [0.5, 0.6) is 17.2 Å². The molecule has 0 aromatic heterocycles. The van der Waals surface area contributed by atoms with E-state index in [9.17, 15) is 14.0 Å². The average Bonchev–Trinajstić information content (AvgIpc) is 2.64. The van der Waals surface area contributed by atoms with Gasteiger partial charge < -0.3 is 24.3 Å². The summed E-state index contributed by atoms with van der Waals surface area (Å²) in [5, 5.41) is 2.56. The zero-order valence-electron chi connectivity index (χ0n) is 14.3. The molecule has 8 heteroatoms. The van der Waals surface area contributed by atoms with Crippen molar-refractivity contribution in [3.8, 4) is 17.2 Å². The molecule has 138 valence electrons. The van der Waals surface area contributed by atoms with E-state index >= 15 is 0 Å². The third kappa shape index (κ3) is 5.66. The number of ether oxygens (including phenoxy) is 4. The smallest absolute Gasteiger partial charge is 0.344 e. The molecule has 0 aliphatic heterocycles. The van der Waals surface area contributed by atoms with Crippen LogP contribution in [0.4, 0.5) is 10.1 Å². The quantitative estimate of drug-likeness (QED) is 0.725. The van der Waals surface area contributed by atoms with Crippen molar-refractivity contribution in [2.75, 3.05) is 32.8 Å². The Morgan fingerprint density at radius 3 is 2.46 bits per heavy atom. The van der Waals surface area contributed by atoms with Crippen LogP contribution in [0.3, 0.4) is 0 Å². The van der Waals surface area contributed by atoms with E-state index < -0.39 is 30.9 Å². The first kappa shape index (κ1) is 19.0. The lowest BCUT2D eigenvalue weighted by Gasteiger charge is -2.11. The second kappa shape index (κ2) is 9.26. The molecule has 0 atom stereocenters. The Kier molecular flexibility index (Phi) is 6.78. The highest BCUT2D eigenvalue weighted by atomic mass is 19.1. The first-order chi connectivity index (χ1) is 12.5. The maximum atomic E-state index is 13.0. The largest absolute Gasteiger partial charge is 0.493 e. The molecule has 1 N–H and O–H groups in total. The number of benzene rings is 2. The van der Waals surface area contributed by atoms with E-state index in [1.807, 2.05) is 0 Å². The topological polar surface area (TPSA) is 83.1 Å². The third-order valence-corrected chi connectivity index (χ3v) is 3.18. The summed E-state index contributed by atoms with van der Waals surface area (Å²) in [6, 6.07) is 10.2. The number of methoxy groups -OCH3 is 2. The van der Waals surface area contributed by atoms with E-state index in [1.165, 1.54) is 32.4 Å². The first-order valence-electron chi connectivity index (χ1n) is 7.57. The Bertz CT molecular complexity index is 780. The van der Waals surface area contributed by atoms with Crippen LogP contribution >= 0.6 is 0 Å². The predicted octanol–water partition coefficient (Wildman–Crippen LogP) is 2.40. The zero-order chi connectivity index (χ0) is 18.9. The van der Waals surface area contributed by atoms with Crippen LogP contribution in [0.2, 0.25) is 0 Å². The SMILES string of the molecule is COc1ccc(NC(=O)COC(=O)COc2cccc(F)c2)cc1OC. The Balaban J connectivity index is 1.78. The van der Waals surface area contributed by atoms with Gasteiger partial charge in [0.25, 0.3) is 5.91 Å². The number of nitrogens with one attached hydrogen (secondary N) is 1. The van der Waals surface area contributed by atoms with Crippen LogP contribution in [0, 0.1) is 5.82 Å². The fourth-order valence-corrected chi connectivity index (χ4v) is 2.00. The van der Waals surface area contributed by atoms with Crippen molar-refractivity contribution in [2.24, 2.45) is 0 Å². The van der Waals surface area contributed by atoms with Crippen molar-refractivity contribution in [3.05, 3.63) is 48.3 Å². The summed E-state index contributed by atoms with van der Waals surface area (Å²) in [6.45, 7) is -0.924. The second-order valence-corrected chi connectivity index (χ2v) is 5.02. The summed E-state index contributed by atoms with van der Waals surface area (Å²) < 4.78 is 33.1. The number of amides is 1. The van der Waals surface area contributed by atoms with Gasteiger partial charge >= 0.3 is 5.97 Å². The molecule has 0 spiro atoms. The summed E-state index contributed by atoms with van der Waals surface area (Å²) in [6.07, 6.45) is 0. The summed E-state index contributed by atoms with van der Waals surface area (Å²) in [7, 11) is 2.98. The van der Waals surface area contributed by atoms with Crippen LogP contribution in [0.1, 0.15) is 0 Å².